The van der Waals surface area contributed by atoms with Crippen LogP contribution in [0.1, 0.15) is 38.2 Å². The van der Waals surface area contributed by atoms with Crippen molar-refractivity contribution in [2.75, 3.05) is 26.7 Å². The first kappa shape index (κ1) is 16.5. The predicted octanol–water partition coefficient (Wildman–Crippen LogP) is 3.94. The smallest absolute Gasteiger partial charge is 0.0406 e. The third-order valence-electron chi connectivity index (χ3n) is 3.19. The first-order chi connectivity index (χ1) is 9.22. The van der Waals surface area contributed by atoms with Gasteiger partial charge in [0.15, 0.2) is 0 Å². The molecule has 0 saturated carbocycles. The number of nitrogens with zero attached hydrogens (tertiary/aromatic N) is 1. The lowest BCUT2D eigenvalue weighted by molar-refractivity contribution is 0.317. The Labute approximate surface area is 123 Å². The number of hydrogen-bond acceptors (Lipinski definition) is 2. The molecular formula is C16H27ClN2. The van der Waals surface area contributed by atoms with Crippen LogP contribution in [-0.4, -0.2) is 31.6 Å². The van der Waals surface area contributed by atoms with Crippen molar-refractivity contribution in [1.82, 2.24) is 10.2 Å². The number of unbranched alkanes of at least 4 members (excludes halogenated alkanes) is 2. The van der Waals surface area contributed by atoms with E-state index in [0.29, 0.717) is 0 Å². The molecule has 0 amide bonds. The summed E-state index contributed by atoms with van der Waals surface area (Å²) in [7, 11) is 2.18. The molecule has 1 N–H and O–H groups in total. The van der Waals surface area contributed by atoms with Crippen LogP contribution in [0.5, 0.6) is 0 Å². The van der Waals surface area contributed by atoms with Gasteiger partial charge in [-0.15, -0.1) is 0 Å². The summed E-state index contributed by atoms with van der Waals surface area (Å²) in [6, 6.07) is 8.13. The molecule has 0 fully saturated rings. The second-order valence-corrected chi connectivity index (χ2v) is 5.61. The predicted molar refractivity (Wildman–Crippen MR) is 84.8 cm³/mol. The Morgan fingerprint density at radius 3 is 2.47 bits per heavy atom. The third-order valence-corrected chi connectivity index (χ3v) is 3.44. The monoisotopic (exact) mass is 282 g/mol. The lowest BCUT2D eigenvalue weighted by Gasteiger charge is -2.16. The van der Waals surface area contributed by atoms with Crippen LogP contribution in [0, 0.1) is 0 Å². The number of nitrogens with one attached hydrogen (secondary N) is 1. The molecular weight excluding hydrogens is 256 g/mol. The van der Waals surface area contributed by atoms with E-state index in [-0.39, 0.29) is 0 Å². The molecule has 108 valence electrons. The van der Waals surface area contributed by atoms with E-state index in [4.69, 9.17) is 11.6 Å². The molecule has 0 radical (unpaired) electrons. The van der Waals surface area contributed by atoms with Gasteiger partial charge in [-0.3, -0.25) is 0 Å². The molecule has 19 heavy (non-hydrogen) atoms. The highest BCUT2D eigenvalue weighted by Crippen LogP contribution is 2.11. The molecule has 0 aliphatic rings. The van der Waals surface area contributed by atoms with E-state index in [0.717, 1.165) is 31.2 Å². The molecule has 0 heterocycles. The molecule has 0 bridgehead atoms. The number of halogens is 1. The van der Waals surface area contributed by atoms with E-state index in [1.807, 2.05) is 12.1 Å². The van der Waals surface area contributed by atoms with Crippen molar-refractivity contribution in [3.8, 4) is 0 Å². The van der Waals surface area contributed by atoms with Crippen LogP contribution in [0.2, 0.25) is 5.02 Å². The zero-order valence-electron chi connectivity index (χ0n) is 12.3. The minimum absolute atomic E-state index is 0.811. The minimum Gasteiger partial charge on any atom is -0.317 e. The molecule has 1 rings (SSSR count). The molecule has 0 unspecified atom stereocenters. The van der Waals surface area contributed by atoms with Gasteiger partial charge in [0, 0.05) is 11.6 Å². The first-order valence-corrected chi connectivity index (χ1v) is 7.74. The highest BCUT2D eigenvalue weighted by molar-refractivity contribution is 6.30. The fourth-order valence-corrected chi connectivity index (χ4v) is 2.22. The summed E-state index contributed by atoms with van der Waals surface area (Å²) in [5, 5.41) is 4.25. The van der Waals surface area contributed by atoms with Crippen LogP contribution < -0.4 is 5.32 Å². The lowest BCUT2D eigenvalue weighted by atomic mass is 10.2. The molecule has 0 aliphatic heterocycles. The minimum atomic E-state index is 0.811. The van der Waals surface area contributed by atoms with E-state index in [1.54, 1.807) is 0 Å². The summed E-state index contributed by atoms with van der Waals surface area (Å²) in [6.07, 6.45) is 5.10. The summed E-state index contributed by atoms with van der Waals surface area (Å²) in [5.41, 5.74) is 1.33. The highest BCUT2D eigenvalue weighted by Gasteiger charge is 2.00. The average molecular weight is 283 g/mol. The number of rotatable bonds is 10. The topological polar surface area (TPSA) is 15.3 Å². The van der Waals surface area contributed by atoms with Gasteiger partial charge in [0.2, 0.25) is 0 Å². The number of benzene rings is 1. The van der Waals surface area contributed by atoms with Crippen molar-refractivity contribution in [3.63, 3.8) is 0 Å². The molecule has 0 atom stereocenters. The normalized spacial score (nSPS) is 11.2. The molecule has 1 aromatic carbocycles. The molecule has 0 aromatic heterocycles. The third kappa shape index (κ3) is 8.25. The van der Waals surface area contributed by atoms with Crippen LogP contribution in [0.4, 0.5) is 0 Å². The standard InChI is InChI=1S/C16H27ClN2/c1-3-11-18-12-5-4-6-13-19(2)14-15-7-9-16(17)10-8-15/h7-10,18H,3-6,11-14H2,1-2H3. The molecule has 2 nitrogen and oxygen atoms in total. The lowest BCUT2D eigenvalue weighted by Crippen LogP contribution is -2.20. The van der Waals surface area contributed by atoms with E-state index in [1.165, 1.54) is 31.2 Å². The van der Waals surface area contributed by atoms with Gasteiger partial charge < -0.3 is 10.2 Å². The molecule has 3 heteroatoms. The van der Waals surface area contributed by atoms with E-state index >= 15 is 0 Å². The second-order valence-electron chi connectivity index (χ2n) is 5.17. The van der Waals surface area contributed by atoms with Crippen LogP contribution in [-0.2, 0) is 6.54 Å². The largest absolute Gasteiger partial charge is 0.317 e. The van der Waals surface area contributed by atoms with E-state index in [2.05, 4.69) is 36.3 Å². The SMILES string of the molecule is CCCNCCCCCN(C)Cc1ccc(Cl)cc1. The summed E-state index contributed by atoms with van der Waals surface area (Å²) in [6.45, 7) is 6.69. The second kappa shape index (κ2) is 10.2. The van der Waals surface area contributed by atoms with Crippen LogP contribution in [0.15, 0.2) is 24.3 Å². The summed E-state index contributed by atoms with van der Waals surface area (Å²) in [5.74, 6) is 0. The maximum Gasteiger partial charge on any atom is 0.0406 e. The molecule has 1 aromatic rings. The fourth-order valence-electron chi connectivity index (χ4n) is 2.09. The van der Waals surface area contributed by atoms with Crippen molar-refractivity contribution in [1.29, 1.82) is 0 Å². The quantitative estimate of drug-likeness (QED) is 0.654. The molecule has 0 saturated heterocycles. The Bertz CT molecular complexity index is 324. The van der Waals surface area contributed by atoms with E-state index < -0.39 is 0 Å². The van der Waals surface area contributed by atoms with Crippen molar-refractivity contribution in [2.24, 2.45) is 0 Å². The Hall–Kier alpha value is -0.570. The Kier molecular flexibility index (Phi) is 8.89. The summed E-state index contributed by atoms with van der Waals surface area (Å²) in [4.78, 5) is 2.38. The number of hydrogen-bond donors (Lipinski definition) is 1. The van der Waals surface area contributed by atoms with Crippen LogP contribution in [0.3, 0.4) is 0 Å². The fraction of sp³-hybridized carbons (Fsp3) is 0.625. The maximum atomic E-state index is 5.88. The maximum absolute atomic E-state index is 5.88. The van der Waals surface area contributed by atoms with E-state index in [9.17, 15) is 0 Å². The Balaban J connectivity index is 2.04. The van der Waals surface area contributed by atoms with Gasteiger partial charge in [-0.1, -0.05) is 37.1 Å². The average Bonchev–Trinajstić information content (AvgIpc) is 2.40. The summed E-state index contributed by atoms with van der Waals surface area (Å²) < 4.78 is 0. The van der Waals surface area contributed by atoms with Gasteiger partial charge in [0.25, 0.3) is 0 Å². The van der Waals surface area contributed by atoms with Crippen LogP contribution >= 0.6 is 11.6 Å². The van der Waals surface area contributed by atoms with Crippen LogP contribution in [0.25, 0.3) is 0 Å². The van der Waals surface area contributed by atoms with Gasteiger partial charge in [-0.25, -0.2) is 0 Å². The van der Waals surface area contributed by atoms with Crippen molar-refractivity contribution in [2.45, 2.75) is 39.2 Å². The van der Waals surface area contributed by atoms with Crippen molar-refractivity contribution < 1.29 is 0 Å². The van der Waals surface area contributed by atoms with Gasteiger partial charge in [0.1, 0.15) is 0 Å². The highest BCUT2D eigenvalue weighted by atomic mass is 35.5. The Morgan fingerprint density at radius 2 is 1.79 bits per heavy atom. The van der Waals surface area contributed by atoms with Crippen molar-refractivity contribution >= 4 is 11.6 Å². The van der Waals surface area contributed by atoms with Crippen molar-refractivity contribution in [3.05, 3.63) is 34.9 Å². The van der Waals surface area contributed by atoms with Gasteiger partial charge >= 0.3 is 0 Å². The van der Waals surface area contributed by atoms with Gasteiger partial charge in [-0.05, 0) is 63.6 Å². The first-order valence-electron chi connectivity index (χ1n) is 7.36. The van der Waals surface area contributed by atoms with Gasteiger partial charge in [0.05, 0.1) is 0 Å². The summed E-state index contributed by atoms with van der Waals surface area (Å²) >= 11 is 5.88. The van der Waals surface area contributed by atoms with Gasteiger partial charge in [-0.2, -0.15) is 0 Å². The molecule has 0 aliphatic carbocycles. The zero-order valence-corrected chi connectivity index (χ0v) is 13.0. The Morgan fingerprint density at radius 1 is 1.05 bits per heavy atom. The molecule has 0 spiro atoms. The zero-order chi connectivity index (χ0) is 13.9.